The first-order chi connectivity index (χ1) is 14.2. The van der Waals surface area contributed by atoms with Gasteiger partial charge in [0.25, 0.3) is 0 Å². The first-order valence-corrected chi connectivity index (χ1v) is 10.2. The second-order valence-electron chi connectivity index (χ2n) is 7.67. The summed E-state index contributed by atoms with van der Waals surface area (Å²) in [4.78, 5) is 15.3. The summed E-state index contributed by atoms with van der Waals surface area (Å²) in [5.41, 5.74) is 2.45. The van der Waals surface area contributed by atoms with Crippen LogP contribution in [0.15, 0.2) is 49.1 Å². The third-order valence-corrected chi connectivity index (χ3v) is 5.50. The van der Waals surface area contributed by atoms with Crippen LogP contribution >= 0.6 is 0 Å². The third kappa shape index (κ3) is 4.92. The summed E-state index contributed by atoms with van der Waals surface area (Å²) in [6, 6.07) is 10.6. The highest BCUT2D eigenvalue weighted by molar-refractivity contribution is 5.49. The molecule has 1 unspecified atom stereocenters. The van der Waals surface area contributed by atoms with E-state index in [1.807, 2.05) is 25.4 Å². The van der Waals surface area contributed by atoms with Crippen molar-refractivity contribution in [2.45, 2.75) is 32.9 Å². The molecule has 152 valence electrons. The summed E-state index contributed by atoms with van der Waals surface area (Å²) >= 11 is 0. The maximum Gasteiger partial charge on any atom is 0.134 e. The van der Waals surface area contributed by atoms with Gasteiger partial charge >= 0.3 is 0 Å². The van der Waals surface area contributed by atoms with Gasteiger partial charge in [-0.25, -0.2) is 15.0 Å². The van der Waals surface area contributed by atoms with Crippen LogP contribution in [-0.4, -0.2) is 44.3 Å². The van der Waals surface area contributed by atoms with Gasteiger partial charge in [0.15, 0.2) is 0 Å². The summed E-state index contributed by atoms with van der Waals surface area (Å²) in [5.74, 6) is 3.09. The van der Waals surface area contributed by atoms with Gasteiger partial charge in [0.1, 0.15) is 23.8 Å². The third-order valence-electron chi connectivity index (χ3n) is 5.50. The van der Waals surface area contributed by atoms with E-state index in [0.29, 0.717) is 12.5 Å². The van der Waals surface area contributed by atoms with Crippen LogP contribution in [0.1, 0.15) is 29.8 Å². The number of aryl methyl sites for hydroxylation is 1. The van der Waals surface area contributed by atoms with Gasteiger partial charge in [-0.2, -0.15) is 0 Å². The van der Waals surface area contributed by atoms with Gasteiger partial charge in [-0.05, 0) is 36.8 Å². The second kappa shape index (κ2) is 9.05. The molecule has 2 N–H and O–H groups in total. The maximum atomic E-state index is 9.46. The number of piperidine rings is 1. The molecule has 7 nitrogen and oxygen atoms in total. The Morgan fingerprint density at radius 3 is 2.90 bits per heavy atom. The molecular weight excluding hydrogens is 364 g/mol. The molecule has 4 rings (SSSR count). The molecule has 1 saturated heterocycles. The molecule has 1 aliphatic rings. The molecule has 0 radical (unpaired) electrons. The zero-order chi connectivity index (χ0) is 20.1. The molecule has 3 heterocycles. The molecule has 1 atom stereocenters. The van der Waals surface area contributed by atoms with E-state index in [4.69, 9.17) is 0 Å². The molecule has 0 spiro atoms. The van der Waals surface area contributed by atoms with E-state index in [2.05, 4.69) is 54.0 Å². The van der Waals surface area contributed by atoms with Crippen LogP contribution < -0.4 is 10.2 Å². The number of nitrogens with one attached hydrogen (secondary N) is 1. The molecule has 0 aliphatic carbocycles. The van der Waals surface area contributed by atoms with Crippen molar-refractivity contribution in [1.29, 1.82) is 0 Å². The van der Waals surface area contributed by atoms with Crippen LogP contribution in [0.5, 0.6) is 0 Å². The number of rotatable bonds is 7. The van der Waals surface area contributed by atoms with E-state index in [-0.39, 0.29) is 6.61 Å². The predicted molar refractivity (Wildman–Crippen MR) is 114 cm³/mol. The molecule has 1 aliphatic heterocycles. The van der Waals surface area contributed by atoms with Crippen LogP contribution in [0, 0.1) is 12.8 Å². The lowest BCUT2D eigenvalue weighted by molar-refractivity contribution is 0.208. The summed E-state index contributed by atoms with van der Waals surface area (Å²) in [6.07, 6.45) is 7.61. The van der Waals surface area contributed by atoms with Crippen LogP contribution in [0.3, 0.4) is 0 Å². The van der Waals surface area contributed by atoms with Crippen molar-refractivity contribution in [3.63, 3.8) is 0 Å². The molecular formula is C22H28N6O. The Morgan fingerprint density at radius 1 is 1.17 bits per heavy atom. The van der Waals surface area contributed by atoms with Crippen LogP contribution in [0.2, 0.25) is 0 Å². The lowest BCUT2D eigenvalue weighted by Crippen LogP contribution is -2.37. The fourth-order valence-electron chi connectivity index (χ4n) is 3.84. The Morgan fingerprint density at radius 2 is 2.07 bits per heavy atom. The summed E-state index contributed by atoms with van der Waals surface area (Å²) in [5, 5.41) is 12.9. The van der Waals surface area contributed by atoms with E-state index in [1.54, 1.807) is 6.33 Å². The highest BCUT2D eigenvalue weighted by Crippen LogP contribution is 2.22. The molecule has 2 aromatic heterocycles. The molecule has 0 saturated carbocycles. The van der Waals surface area contributed by atoms with Crippen molar-refractivity contribution in [2.75, 3.05) is 29.9 Å². The van der Waals surface area contributed by atoms with Crippen molar-refractivity contribution < 1.29 is 5.11 Å². The largest absolute Gasteiger partial charge is 0.396 e. The molecule has 0 bridgehead atoms. The van der Waals surface area contributed by atoms with Crippen molar-refractivity contribution >= 4 is 11.6 Å². The fraction of sp³-hybridized carbons (Fsp3) is 0.409. The first-order valence-electron chi connectivity index (χ1n) is 10.2. The standard InChI is InChI=1S/C22H28N6O/c1-17-23-7-9-27(17)13-19-5-2-4-18(10-19)12-24-21-11-22(26-16-25-21)28-8-3-6-20(14-28)15-29/h2,4-5,7,9-11,16,20,29H,3,6,8,12-15H2,1H3,(H,24,25,26). The van der Waals surface area contributed by atoms with Gasteiger partial charge in [0.05, 0.1) is 0 Å². The molecule has 1 aromatic carbocycles. The van der Waals surface area contributed by atoms with E-state index in [0.717, 1.165) is 49.9 Å². The Kier molecular flexibility index (Phi) is 6.05. The number of benzene rings is 1. The van der Waals surface area contributed by atoms with E-state index in [9.17, 15) is 5.11 Å². The summed E-state index contributed by atoms with van der Waals surface area (Å²) in [7, 11) is 0. The lowest BCUT2D eigenvalue weighted by atomic mass is 9.99. The molecule has 29 heavy (non-hydrogen) atoms. The Hall–Kier alpha value is -2.93. The highest BCUT2D eigenvalue weighted by Gasteiger charge is 2.20. The molecule has 3 aromatic rings. The minimum atomic E-state index is 0.238. The number of imidazole rings is 1. The highest BCUT2D eigenvalue weighted by atomic mass is 16.3. The molecule has 0 amide bonds. The fourth-order valence-corrected chi connectivity index (χ4v) is 3.84. The smallest absolute Gasteiger partial charge is 0.134 e. The Bertz CT molecular complexity index is 940. The average Bonchev–Trinajstić information content (AvgIpc) is 3.17. The SMILES string of the molecule is Cc1nccn1Cc1cccc(CNc2cc(N3CCCC(CO)C3)ncn2)c1. The van der Waals surface area contributed by atoms with Crippen LogP contribution in [0.25, 0.3) is 0 Å². The first kappa shape index (κ1) is 19.4. The normalized spacial score (nSPS) is 16.8. The minimum Gasteiger partial charge on any atom is -0.396 e. The number of aliphatic hydroxyl groups is 1. The van der Waals surface area contributed by atoms with Crippen molar-refractivity contribution in [1.82, 2.24) is 19.5 Å². The van der Waals surface area contributed by atoms with Gasteiger partial charge < -0.3 is 19.9 Å². The number of hydrogen-bond donors (Lipinski definition) is 2. The number of anilines is 2. The Balaban J connectivity index is 1.39. The van der Waals surface area contributed by atoms with Gasteiger partial charge in [-0.3, -0.25) is 0 Å². The number of hydrogen-bond acceptors (Lipinski definition) is 6. The van der Waals surface area contributed by atoms with Gasteiger partial charge in [-0.15, -0.1) is 0 Å². The van der Waals surface area contributed by atoms with E-state index < -0.39 is 0 Å². The van der Waals surface area contributed by atoms with Crippen LogP contribution in [-0.2, 0) is 13.1 Å². The zero-order valence-electron chi connectivity index (χ0n) is 16.8. The van der Waals surface area contributed by atoms with E-state index >= 15 is 0 Å². The second-order valence-corrected chi connectivity index (χ2v) is 7.67. The number of aliphatic hydroxyl groups excluding tert-OH is 1. The number of nitrogens with zero attached hydrogens (tertiary/aromatic N) is 5. The van der Waals surface area contributed by atoms with Crippen molar-refractivity contribution in [3.8, 4) is 0 Å². The van der Waals surface area contributed by atoms with Crippen LogP contribution in [0.4, 0.5) is 11.6 Å². The number of aromatic nitrogens is 4. The van der Waals surface area contributed by atoms with E-state index in [1.165, 1.54) is 11.1 Å². The molecule has 7 heteroatoms. The van der Waals surface area contributed by atoms with Crippen molar-refractivity contribution in [3.05, 3.63) is 66.0 Å². The summed E-state index contributed by atoms with van der Waals surface area (Å²) in [6.45, 7) is 5.60. The molecule has 1 fully saturated rings. The predicted octanol–water partition coefficient (Wildman–Crippen LogP) is 2.85. The zero-order valence-corrected chi connectivity index (χ0v) is 16.8. The quantitative estimate of drug-likeness (QED) is 0.644. The van der Waals surface area contributed by atoms with Gasteiger partial charge in [0, 0.05) is 51.2 Å². The topological polar surface area (TPSA) is 79.1 Å². The van der Waals surface area contributed by atoms with Gasteiger partial charge in [0.2, 0.25) is 0 Å². The Labute approximate surface area is 171 Å². The van der Waals surface area contributed by atoms with Crippen molar-refractivity contribution in [2.24, 2.45) is 5.92 Å². The summed E-state index contributed by atoms with van der Waals surface area (Å²) < 4.78 is 2.14. The minimum absolute atomic E-state index is 0.238. The monoisotopic (exact) mass is 392 g/mol. The average molecular weight is 393 g/mol. The lowest BCUT2D eigenvalue weighted by Gasteiger charge is -2.32. The van der Waals surface area contributed by atoms with Gasteiger partial charge in [-0.1, -0.05) is 24.3 Å². The maximum absolute atomic E-state index is 9.46.